The van der Waals surface area contributed by atoms with E-state index in [0.717, 1.165) is 16.0 Å². The van der Waals surface area contributed by atoms with Gasteiger partial charge in [0.25, 0.3) is 0 Å². The van der Waals surface area contributed by atoms with Gasteiger partial charge in [0.05, 0.1) is 18.3 Å². The highest BCUT2D eigenvalue weighted by atomic mass is 32.2. The third kappa shape index (κ3) is 7.89. The van der Waals surface area contributed by atoms with E-state index in [-0.39, 0.29) is 34.7 Å². The fourth-order valence-electron chi connectivity index (χ4n) is 4.07. The van der Waals surface area contributed by atoms with Crippen LogP contribution in [-0.2, 0) is 20.7 Å². The van der Waals surface area contributed by atoms with E-state index in [4.69, 9.17) is 14.2 Å². The zero-order valence-corrected chi connectivity index (χ0v) is 23.4. The lowest BCUT2D eigenvalue weighted by atomic mass is 9.99. The highest BCUT2D eigenvalue weighted by Crippen LogP contribution is 2.41. The maximum absolute atomic E-state index is 14.0. The van der Waals surface area contributed by atoms with Crippen molar-refractivity contribution in [3.63, 3.8) is 0 Å². The van der Waals surface area contributed by atoms with Gasteiger partial charge in [0.2, 0.25) is 5.75 Å². The average molecular weight is 554 g/mol. The zero-order chi connectivity index (χ0) is 28.5. The summed E-state index contributed by atoms with van der Waals surface area (Å²) in [7, 11) is 1.38. The molecule has 0 aliphatic rings. The van der Waals surface area contributed by atoms with E-state index in [1.165, 1.54) is 50.2 Å². The molecule has 0 aliphatic heterocycles. The van der Waals surface area contributed by atoms with Crippen LogP contribution >= 0.6 is 11.8 Å². The number of Topliss-reactive ketones (excluding diaryl/α,β-unsaturated/α-hetero) is 1. The number of ketones is 1. The number of esters is 2. The first-order valence-electron chi connectivity index (χ1n) is 12.6. The fourth-order valence-corrected chi connectivity index (χ4v) is 5.28. The fraction of sp³-hybridized carbons (Fsp3) is 0.333. The molecule has 0 N–H and O–H groups in total. The lowest BCUT2D eigenvalue weighted by Crippen LogP contribution is -2.27. The second-order valence-corrected chi connectivity index (χ2v) is 10.2. The molecule has 7 nitrogen and oxygen atoms in total. The molecule has 2 aromatic carbocycles. The molecule has 0 saturated carbocycles. The molecule has 0 saturated heterocycles. The number of nitrogens with zero attached hydrogens (tertiary/aromatic N) is 1. The summed E-state index contributed by atoms with van der Waals surface area (Å²) in [6.07, 6.45) is 1.17. The third-order valence-corrected chi connectivity index (χ3v) is 7.45. The molecular weight excluding hydrogens is 521 g/mol. The molecule has 0 aliphatic carbocycles. The van der Waals surface area contributed by atoms with E-state index in [0.29, 0.717) is 6.42 Å². The maximum Gasteiger partial charge on any atom is 0.309 e. The molecular formula is C30H32FNO6S. The molecule has 0 amide bonds. The predicted octanol–water partition coefficient (Wildman–Crippen LogP) is 6.39. The van der Waals surface area contributed by atoms with Gasteiger partial charge in [-0.15, -0.1) is 11.8 Å². The van der Waals surface area contributed by atoms with Crippen LogP contribution in [0.25, 0.3) is 0 Å². The number of ether oxygens (including phenoxy) is 3. The van der Waals surface area contributed by atoms with E-state index in [2.05, 4.69) is 4.98 Å². The molecule has 1 aromatic heterocycles. The van der Waals surface area contributed by atoms with Crippen molar-refractivity contribution in [3.05, 3.63) is 83.4 Å². The first-order valence-corrected chi connectivity index (χ1v) is 13.5. The number of carbonyl (C=O) groups excluding carboxylic acids is 3. The Morgan fingerprint density at radius 2 is 1.77 bits per heavy atom. The molecule has 3 rings (SSSR count). The minimum atomic E-state index is -0.806. The minimum absolute atomic E-state index is 0.0887. The molecule has 0 unspecified atom stereocenters. The summed E-state index contributed by atoms with van der Waals surface area (Å²) in [6.45, 7) is 6.53. The molecule has 206 valence electrons. The summed E-state index contributed by atoms with van der Waals surface area (Å²) in [4.78, 5) is 42.8. The standard InChI is InChI=1S/C30H32FNO6S/c1-6-21-17-22(31)12-13-24(21)29(39-23-10-8-7-9-11-23)19(3)37-30(35)18(2)16-25(34)27-28(38-20(4)33)26(36-5)14-15-32-27/h7-15,17-19,29H,6,16H2,1-5H3/t18-,19+,29+/m1/s1. The molecule has 0 spiro atoms. The molecule has 39 heavy (non-hydrogen) atoms. The molecule has 3 aromatic rings. The predicted molar refractivity (Wildman–Crippen MR) is 147 cm³/mol. The van der Waals surface area contributed by atoms with Gasteiger partial charge in [0.15, 0.2) is 17.2 Å². The SMILES string of the molecule is CCc1cc(F)ccc1[C@@H](Sc1ccccc1)[C@H](C)OC(=O)[C@H](C)CC(=O)c1nccc(OC)c1OC(C)=O. The van der Waals surface area contributed by atoms with Gasteiger partial charge >= 0.3 is 11.9 Å². The van der Waals surface area contributed by atoms with Gasteiger partial charge in [-0.2, -0.15) is 0 Å². The summed E-state index contributed by atoms with van der Waals surface area (Å²) < 4.78 is 30.2. The van der Waals surface area contributed by atoms with Crippen molar-refractivity contribution >= 4 is 29.5 Å². The highest BCUT2D eigenvalue weighted by Gasteiger charge is 2.30. The summed E-state index contributed by atoms with van der Waals surface area (Å²) in [6, 6.07) is 15.8. The van der Waals surface area contributed by atoms with Crippen LogP contribution in [0.3, 0.4) is 0 Å². The van der Waals surface area contributed by atoms with Gasteiger partial charge in [-0.3, -0.25) is 14.4 Å². The Hall–Kier alpha value is -3.72. The summed E-state index contributed by atoms with van der Waals surface area (Å²) in [5.74, 6) is -2.73. The number of halogens is 1. The van der Waals surface area contributed by atoms with Crippen molar-refractivity contribution in [1.29, 1.82) is 0 Å². The number of aryl methyl sites for hydroxylation is 1. The van der Waals surface area contributed by atoms with Crippen LogP contribution < -0.4 is 9.47 Å². The zero-order valence-electron chi connectivity index (χ0n) is 22.6. The number of carbonyl (C=O) groups is 3. The van der Waals surface area contributed by atoms with E-state index in [1.807, 2.05) is 37.3 Å². The average Bonchev–Trinajstić information content (AvgIpc) is 2.92. The van der Waals surface area contributed by atoms with Crippen LogP contribution in [0, 0.1) is 11.7 Å². The normalized spacial score (nSPS) is 13.2. The lowest BCUT2D eigenvalue weighted by molar-refractivity contribution is -0.152. The number of benzene rings is 2. The summed E-state index contributed by atoms with van der Waals surface area (Å²) in [5, 5.41) is -0.314. The lowest BCUT2D eigenvalue weighted by Gasteiger charge is -2.27. The van der Waals surface area contributed by atoms with Gasteiger partial charge in [0.1, 0.15) is 11.9 Å². The van der Waals surface area contributed by atoms with Crippen LogP contribution in [0.1, 0.15) is 61.0 Å². The van der Waals surface area contributed by atoms with Crippen LogP contribution in [0.5, 0.6) is 11.5 Å². The molecule has 3 atom stereocenters. The van der Waals surface area contributed by atoms with Crippen molar-refractivity contribution in [3.8, 4) is 11.5 Å². The molecule has 0 radical (unpaired) electrons. The van der Waals surface area contributed by atoms with Gasteiger partial charge in [-0.05, 0) is 48.7 Å². The number of thioether (sulfide) groups is 1. The molecule has 1 heterocycles. The van der Waals surface area contributed by atoms with Gasteiger partial charge in [-0.1, -0.05) is 38.1 Å². The topological polar surface area (TPSA) is 91.8 Å². The second kappa shape index (κ2) is 13.9. The van der Waals surface area contributed by atoms with Crippen LogP contribution in [0.15, 0.2) is 65.7 Å². The van der Waals surface area contributed by atoms with Crippen molar-refractivity contribution in [1.82, 2.24) is 4.98 Å². The van der Waals surface area contributed by atoms with Crippen LogP contribution in [-0.4, -0.2) is 35.9 Å². The third-order valence-electron chi connectivity index (χ3n) is 6.02. The van der Waals surface area contributed by atoms with E-state index >= 15 is 0 Å². The number of aromatic nitrogens is 1. The maximum atomic E-state index is 14.0. The number of pyridine rings is 1. The van der Waals surface area contributed by atoms with Gasteiger partial charge in [0, 0.05) is 30.5 Å². The Kier molecular flexibility index (Phi) is 10.6. The first kappa shape index (κ1) is 29.8. The summed E-state index contributed by atoms with van der Waals surface area (Å²) >= 11 is 1.52. The van der Waals surface area contributed by atoms with E-state index in [9.17, 15) is 18.8 Å². The van der Waals surface area contributed by atoms with Crippen LogP contribution in [0.4, 0.5) is 4.39 Å². The van der Waals surface area contributed by atoms with E-state index in [1.54, 1.807) is 19.9 Å². The Bertz CT molecular complexity index is 1320. The first-order chi connectivity index (χ1) is 18.6. The van der Waals surface area contributed by atoms with E-state index < -0.39 is 29.7 Å². The molecule has 0 fully saturated rings. The molecule has 0 bridgehead atoms. The Labute approximate surface area is 232 Å². The Morgan fingerprint density at radius 3 is 2.41 bits per heavy atom. The van der Waals surface area contributed by atoms with Crippen molar-refractivity contribution in [2.75, 3.05) is 7.11 Å². The number of hydrogen-bond acceptors (Lipinski definition) is 8. The smallest absolute Gasteiger partial charge is 0.309 e. The largest absolute Gasteiger partial charge is 0.493 e. The Balaban J connectivity index is 1.80. The van der Waals surface area contributed by atoms with Gasteiger partial charge in [-0.25, -0.2) is 9.37 Å². The highest BCUT2D eigenvalue weighted by molar-refractivity contribution is 7.99. The number of hydrogen-bond donors (Lipinski definition) is 0. The van der Waals surface area contributed by atoms with Crippen molar-refractivity contribution in [2.24, 2.45) is 5.92 Å². The van der Waals surface area contributed by atoms with Crippen molar-refractivity contribution in [2.45, 2.75) is 56.8 Å². The monoisotopic (exact) mass is 553 g/mol. The molecule has 9 heteroatoms. The summed E-state index contributed by atoms with van der Waals surface area (Å²) in [5.41, 5.74) is 1.61. The van der Waals surface area contributed by atoms with Gasteiger partial charge < -0.3 is 14.2 Å². The Morgan fingerprint density at radius 1 is 1.05 bits per heavy atom. The van der Waals surface area contributed by atoms with Crippen LogP contribution in [0.2, 0.25) is 0 Å². The number of rotatable bonds is 12. The number of methoxy groups -OCH3 is 1. The second-order valence-electron chi connectivity index (χ2n) is 9.00. The van der Waals surface area contributed by atoms with Crippen molar-refractivity contribution < 1.29 is 33.0 Å². The minimum Gasteiger partial charge on any atom is -0.493 e. The quantitative estimate of drug-likeness (QED) is 0.145.